The minimum absolute atomic E-state index is 0.0385. The molecule has 3 heterocycles. The van der Waals surface area contributed by atoms with Crippen molar-refractivity contribution in [1.82, 2.24) is 9.29 Å². The lowest BCUT2D eigenvalue weighted by Crippen LogP contribution is -2.43. The Balaban J connectivity index is 1.40. The number of hydrogen-bond acceptors (Lipinski definition) is 8. The van der Waals surface area contributed by atoms with Crippen molar-refractivity contribution in [3.8, 4) is 0 Å². The Morgan fingerprint density at radius 2 is 1.84 bits per heavy atom. The van der Waals surface area contributed by atoms with Crippen LogP contribution in [0.4, 0.5) is 10.8 Å². The predicted molar refractivity (Wildman–Crippen MR) is 124 cm³/mol. The fourth-order valence-corrected chi connectivity index (χ4v) is 7.78. The van der Waals surface area contributed by atoms with Crippen LogP contribution in [0.3, 0.4) is 0 Å². The maximum atomic E-state index is 12.8. The number of hydrogen-bond donors (Lipinski definition) is 2. The van der Waals surface area contributed by atoms with Gasteiger partial charge in [0.15, 0.2) is 5.13 Å². The van der Waals surface area contributed by atoms with E-state index in [0.717, 1.165) is 11.3 Å². The lowest BCUT2D eigenvalue weighted by Gasteiger charge is -2.30. The highest BCUT2D eigenvalue weighted by molar-refractivity contribution is 7.93. The predicted octanol–water partition coefficient (Wildman–Crippen LogP) is 3.04. The quantitative estimate of drug-likeness (QED) is 0.501. The van der Waals surface area contributed by atoms with Gasteiger partial charge in [0.05, 0.1) is 10.8 Å². The molecule has 170 valence electrons. The van der Waals surface area contributed by atoms with Gasteiger partial charge in [0.25, 0.3) is 20.0 Å². The summed E-state index contributed by atoms with van der Waals surface area (Å²) in [5.41, 5.74) is 0.432. The number of carbonyl (C=O) groups excluding carboxylic acids is 1. The fraction of sp³-hybridized carbons (Fsp3) is 0.263. The standard InChI is InChI=1S/C19H20N4O5S4/c24-18(14-3-1-10-23(13-14)32(27,28)17-4-2-11-29-17)21-15-5-7-16(8-6-15)31(25,26)22-19-20-9-12-30-19/h2,4-9,11-12,14H,1,3,10,13H2,(H,20,22)(H,21,24)/t14-/m0/s1. The van der Waals surface area contributed by atoms with Crippen molar-refractivity contribution < 1.29 is 21.6 Å². The molecule has 4 rings (SSSR count). The Morgan fingerprint density at radius 1 is 1.06 bits per heavy atom. The molecule has 1 amide bonds. The van der Waals surface area contributed by atoms with Crippen LogP contribution in [0.2, 0.25) is 0 Å². The molecule has 0 unspecified atom stereocenters. The number of anilines is 2. The van der Waals surface area contributed by atoms with Gasteiger partial charge in [-0.15, -0.1) is 22.7 Å². The number of thiazole rings is 1. The maximum absolute atomic E-state index is 12.8. The molecule has 13 heteroatoms. The summed E-state index contributed by atoms with van der Waals surface area (Å²) in [6.45, 7) is 0.485. The molecule has 1 fully saturated rings. The Hall–Kier alpha value is -2.32. The maximum Gasteiger partial charge on any atom is 0.263 e. The Morgan fingerprint density at radius 3 is 2.50 bits per heavy atom. The van der Waals surface area contributed by atoms with Gasteiger partial charge in [-0.2, -0.15) is 4.31 Å². The molecular weight excluding hydrogens is 493 g/mol. The molecule has 9 nitrogen and oxygen atoms in total. The second-order valence-electron chi connectivity index (χ2n) is 7.09. The van der Waals surface area contributed by atoms with Crippen molar-refractivity contribution in [2.45, 2.75) is 21.9 Å². The Labute approximate surface area is 194 Å². The van der Waals surface area contributed by atoms with E-state index in [1.165, 1.54) is 46.1 Å². The van der Waals surface area contributed by atoms with Gasteiger partial charge in [-0.1, -0.05) is 6.07 Å². The summed E-state index contributed by atoms with van der Waals surface area (Å²) in [7, 11) is -7.39. The molecule has 0 radical (unpaired) electrons. The lowest BCUT2D eigenvalue weighted by atomic mass is 9.99. The van der Waals surface area contributed by atoms with E-state index in [2.05, 4.69) is 15.0 Å². The second kappa shape index (κ2) is 9.27. The van der Waals surface area contributed by atoms with Crippen molar-refractivity contribution in [1.29, 1.82) is 0 Å². The second-order valence-corrected chi connectivity index (χ2v) is 12.8. The van der Waals surface area contributed by atoms with Crippen LogP contribution in [0, 0.1) is 5.92 Å². The number of benzene rings is 1. The van der Waals surface area contributed by atoms with Crippen molar-refractivity contribution in [3.05, 3.63) is 53.4 Å². The van der Waals surface area contributed by atoms with E-state index >= 15 is 0 Å². The highest BCUT2D eigenvalue weighted by Gasteiger charge is 2.33. The molecule has 1 aliphatic rings. The first-order valence-electron chi connectivity index (χ1n) is 9.62. The van der Waals surface area contributed by atoms with Gasteiger partial charge in [-0.3, -0.25) is 9.52 Å². The summed E-state index contributed by atoms with van der Waals surface area (Å²) in [4.78, 5) is 16.7. The van der Waals surface area contributed by atoms with Crippen molar-refractivity contribution in [2.75, 3.05) is 23.1 Å². The zero-order valence-electron chi connectivity index (χ0n) is 16.7. The van der Waals surface area contributed by atoms with Gasteiger partial charge in [0, 0.05) is 30.4 Å². The van der Waals surface area contributed by atoms with Crippen molar-refractivity contribution >= 4 is 59.4 Å². The molecule has 32 heavy (non-hydrogen) atoms. The number of carbonyl (C=O) groups is 1. The molecule has 2 N–H and O–H groups in total. The van der Waals surface area contributed by atoms with E-state index in [1.54, 1.807) is 22.9 Å². The van der Waals surface area contributed by atoms with E-state index in [1.807, 2.05) is 0 Å². The molecule has 1 aromatic carbocycles. The molecule has 3 aromatic rings. The number of piperidine rings is 1. The zero-order valence-corrected chi connectivity index (χ0v) is 19.9. The van der Waals surface area contributed by atoms with E-state index in [0.29, 0.717) is 25.1 Å². The number of rotatable bonds is 7. The largest absolute Gasteiger partial charge is 0.326 e. The Bertz CT molecular complexity index is 1270. The van der Waals surface area contributed by atoms with Crippen LogP contribution in [0.5, 0.6) is 0 Å². The third kappa shape index (κ3) is 5.02. The third-order valence-corrected chi connectivity index (χ3v) is 10.3. The first-order chi connectivity index (χ1) is 15.3. The molecule has 1 atom stereocenters. The normalized spacial score (nSPS) is 17.7. The highest BCUT2D eigenvalue weighted by Crippen LogP contribution is 2.27. The average molecular weight is 513 g/mol. The molecule has 0 bridgehead atoms. The van der Waals surface area contributed by atoms with Crippen LogP contribution in [0.1, 0.15) is 12.8 Å². The van der Waals surface area contributed by atoms with E-state index in [4.69, 9.17) is 0 Å². The summed E-state index contributed by atoms with van der Waals surface area (Å²) < 4.78 is 54.4. The zero-order chi connectivity index (χ0) is 22.8. The van der Waals surface area contributed by atoms with E-state index < -0.39 is 26.0 Å². The SMILES string of the molecule is O=C(Nc1ccc(S(=O)(=O)Nc2nccs2)cc1)[C@H]1CCCN(S(=O)(=O)c2cccs2)C1. The van der Waals surface area contributed by atoms with Crippen LogP contribution < -0.4 is 10.0 Å². The van der Waals surface area contributed by atoms with Gasteiger partial charge in [-0.05, 0) is 48.6 Å². The van der Waals surface area contributed by atoms with Gasteiger partial charge < -0.3 is 5.32 Å². The summed E-state index contributed by atoms with van der Waals surface area (Å²) in [5.74, 6) is -0.791. The summed E-state index contributed by atoms with van der Waals surface area (Å²) >= 11 is 2.32. The molecular formula is C19H20N4O5S4. The number of thiophene rings is 1. The van der Waals surface area contributed by atoms with Crippen LogP contribution in [0.25, 0.3) is 0 Å². The monoisotopic (exact) mass is 512 g/mol. The van der Waals surface area contributed by atoms with Crippen LogP contribution in [-0.2, 0) is 24.8 Å². The molecule has 1 aliphatic heterocycles. The summed E-state index contributed by atoms with van der Waals surface area (Å²) in [6, 6.07) is 9.01. The minimum Gasteiger partial charge on any atom is -0.326 e. The number of amides is 1. The van der Waals surface area contributed by atoms with Gasteiger partial charge in [-0.25, -0.2) is 21.8 Å². The molecule has 0 spiro atoms. The lowest BCUT2D eigenvalue weighted by molar-refractivity contribution is -0.120. The first kappa shape index (κ1) is 22.9. The van der Waals surface area contributed by atoms with Crippen LogP contribution in [-0.4, -0.2) is 45.1 Å². The summed E-state index contributed by atoms with van der Waals surface area (Å²) in [5, 5.41) is 6.39. The van der Waals surface area contributed by atoms with Gasteiger partial charge >= 0.3 is 0 Å². The van der Waals surface area contributed by atoms with Gasteiger partial charge in [0.2, 0.25) is 5.91 Å². The molecule has 0 saturated carbocycles. The Kier molecular flexibility index (Phi) is 6.62. The number of aromatic nitrogens is 1. The summed E-state index contributed by atoms with van der Waals surface area (Å²) in [6.07, 6.45) is 2.66. The minimum atomic E-state index is -3.78. The van der Waals surface area contributed by atoms with Crippen molar-refractivity contribution in [3.63, 3.8) is 0 Å². The topological polar surface area (TPSA) is 126 Å². The average Bonchev–Trinajstić information content (AvgIpc) is 3.49. The van der Waals surface area contributed by atoms with Gasteiger partial charge in [0.1, 0.15) is 4.21 Å². The number of nitrogens with one attached hydrogen (secondary N) is 2. The fourth-order valence-electron chi connectivity index (χ4n) is 3.32. The first-order valence-corrected chi connectivity index (χ1v) is 14.3. The van der Waals surface area contributed by atoms with Crippen LogP contribution >= 0.6 is 22.7 Å². The molecule has 0 aliphatic carbocycles. The number of sulfonamides is 2. The highest BCUT2D eigenvalue weighted by atomic mass is 32.2. The van der Waals surface area contributed by atoms with E-state index in [-0.39, 0.29) is 26.7 Å². The van der Waals surface area contributed by atoms with E-state index in [9.17, 15) is 21.6 Å². The smallest absolute Gasteiger partial charge is 0.263 e. The number of nitrogens with zero attached hydrogens (tertiary/aromatic N) is 2. The third-order valence-electron chi connectivity index (χ3n) is 4.93. The van der Waals surface area contributed by atoms with Crippen LogP contribution in [0.15, 0.2) is 62.5 Å². The van der Waals surface area contributed by atoms with Crippen molar-refractivity contribution in [2.24, 2.45) is 5.92 Å². The molecule has 1 saturated heterocycles. The molecule has 2 aromatic heterocycles.